The minimum atomic E-state index is 0.593. The maximum absolute atomic E-state index is 5.76. The van der Waals surface area contributed by atoms with Crippen LogP contribution in [-0.2, 0) is 13.6 Å². The lowest BCUT2D eigenvalue weighted by Gasteiger charge is -2.02. The fourth-order valence-electron chi connectivity index (χ4n) is 2.42. The van der Waals surface area contributed by atoms with Gasteiger partial charge in [-0.1, -0.05) is 36.4 Å². The molecule has 2 N–H and O–H groups in total. The molecule has 0 aliphatic heterocycles. The molecule has 0 saturated heterocycles. The van der Waals surface area contributed by atoms with Crippen LogP contribution in [0, 0.1) is 0 Å². The summed E-state index contributed by atoms with van der Waals surface area (Å²) in [5, 5.41) is 3.84. The maximum atomic E-state index is 5.76. The van der Waals surface area contributed by atoms with Crippen LogP contribution in [0.4, 0.5) is 0 Å². The summed E-state index contributed by atoms with van der Waals surface area (Å²) in [6.07, 6.45) is 2.12. The zero-order chi connectivity index (χ0) is 11.1. The Morgan fingerprint density at radius 1 is 1.06 bits per heavy atom. The quantitative estimate of drug-likeness (QED) is 0.658. The molecule has 2 aromatic carbocycles. The Labute approximate surface area is 94.3 Å². The van der Waals surface area contributed by atoms with Crippen molar-refractivity contribution in [1.29, 1.82) is 0 Å². The number of aromatic nitrogens is 1. The van der Waals surface area contributed by atoms with E-state index >= 15 is 0 Å². The Morgan fingerprint density at radius 3 is 2.69 bits per heavy atom. The number of aryl methyl sites for hydroxylation is 1. The van der Waals surface area contributed by atoms with Crippen LogP contribution in [0.5, 0.6) is 0 Å². The molecule has 0 fully saturated rings. The third-order valence-electron chi connectivity index (χ3n) is 3.17. The van der Waals surface area contributed by atoms with Gasteiger partial charge in [-0.3, -0.25) is 0 Å². The molecular formula is C14H14N2. The van der Waals surface area contributed by atoms with Crippen LogP contribution in [0.15, 0.2) is 42.6 Å². The number of fused-ring (bicyclic) bond motifs is 3. The van der Waals surface area contributed by atoms with Gasteiger partial charge >= 0.3 is 0 Å². The maximum Gasteiger partial charge on any atom is 0.0560 e. The molecule has 0 radical (unpaired) electrons. The van der Waals surface area contributed by atoms with E-state index in [4.69, 9.17) is 5.73 Å². The van der Waals surface area contributed by atoms with E-state index in [2.05, 4.69) is 54.2 Å². The van der Waals surface area contributed by atoms with Crippen molar-refractivity contribution >= 4 is 21.7 Å². The zero-order valence-electron chi connectivity index (χ0n) is 9.27. The van der Waals surface area contributed by atoms with Gasteiger partial charge in [0, 0.05) is 30.6 Å². The van der Waals surface area contributed by atoms with Crippen molar-refractivity contribution in [3.05, 3.63) is 48.2 Å². The van der Waals surface area contributed by atoms with Crippen LogP contribution in [0.1, 0.15) is 5.56 Å². The van der Waals surface area contributed by atoms with E-state index in [9.17, 15) is 0 Å². The number of benzene rings is 2. The highest BCUT2D eigenvalue weighted by molar-refractivity contribution is 6.07. The molecule has 80 valence electrons. The molecule has 16 heavy (non-hydrogen) atoms. The Balaban J connectivity index is 2.55. The third-order valence-corrected chi connectivity index (χ3v) is 3.17. The molecule has 0 amide bonds. The molecular weight excluding hydrogens is 196 g/mol. The van der Waals surface area contributed by atoms with Crippen molar-refractivity contribution in [2.24, 2.45) is 12.8 Å². The standard InChI is InChI=1S/C14H14N2/c1-16-9-11(8-15)13-7-6-10-4-2-3-5-12(10)14(13)16/h2-7,9H,8,15H2,1H3. The first-order chi connectivity index (χ1) is 7.81. The van der Waals surface area contributed by atoms with Gasteiger partial charge in [0.2, 0.25) is 0 Å². The van der Waals surface area contributed by atoms with Crippen molar-refractivity contribution in [2.45, 2.75) is 6.54 Å². The second kappa shape index (κ2) is 3.35. The number of hydrogen-bond acceptors (Lipinski definition) is 1. The van der Waals surface area contributed by atoms with Crippen LogP contribution in [-0.4, -0.2) is 4.57 Å². The minimum absolute atomic E-state index is 0.593. The highest BCUT2D eigenvalue weighted by Crippen LogP contribution is 2.28. The smallest absolute Gasteiger partial charge is 0.0560 e. The second-order valence-corrected chi connectivity index (χ2v) is 4.15. The lowest BCUT2D eigenvalue weighted by molar-refractivity contribution is 0.951. The summed E-state index contributed by atoms with van der Waals surface area (Å²) < 4.78 is 2.17. The van der Waals surface area contributed by atoms with Gasteiger partial charge in [-0.05, 0) is 10.9 Å². The zero-order valence-corrected chi connectivity index (χ0v) is 9.27. The molecule has 1 heterocycles. The summed E-state index contributed by atoms with van der Waals surface area (Å²) in [6.45, 7) is 0.593. The molecule has 0 spiro atoms. The molecule has 2 heteroatoms. The van der Waals surface area contributed by atoms with Crippen LogP contribution in [0.3, 0.4) is 0 Å². The van der Waals surface area contributed by atoms with Crippen LogP contribution in [0.25, 0.3) is 21.7 Å². The summed E-state index contributed by atoms with van der Waals surface area (Å²) in [6, 6.07) is 12.8. The lowest BCUT2D eigenvalue weighted by atomic mass is 10.1. The average Bonchev–Trinajstić information content (AvgIpc) is 2.66. The van der Waals surface area contributed by atoms with E-state index in [-0.39, 0.29) is 0 Å². The monoisotopic (exact) mass is 210 g/mol. The number of nitrogens with zero attached hydrogens (tertiary/aromatic N) is 1. The topological polar surface area (TPSA) is 30.9 Å². The molecule has 0 atom stereocenters. The van der Waals surface area contributed by atoms with E-state index < -0.39 is 0 Å². The molecule has 0 bridgehead atoms. The SMILES string of the molecule is Cn1cc(CN)c2ccc3ccccc3c21. The Hall–Kier alpha value is -1.80. The van der Waals surface area contributed by atoms with Gasteiger partial charge in [0.1, 0.15) is 0 Å². The van der Waals surface area contributed by atoms with Gasteiger partial charge in [0.15, 0.2) is 0 Å². The number of nitrogens with two attached hydrogens (primary N) is 1. The molecule has 1 aromatic heterocycles. The molecule has 0 unspecified atom stereocenters. The van der Waals surface area contributed by atoms with Crippen LogP contribution >= 0.6 is 0 Å². The Morgan fingerprint density at radius 2 is 1.88 bits per heavy atom. The van der Waals surface area contributed by atoms with E-state index in [1.165, 1.54) is 27.2 Å². The molecule has 0 aliphatic rings. The fourth-order valence-corrected chi connectivity index (χ4v) is 2.42. The summed E-state index contributed by atoms with van der Waals surface area (Å²) in [5.74, 6) is 0. The van der Waals surface area contributed by atoms with Crippen molar-refractivity contribution < 1.29 is 0 Å². The molecule has 3 rings (SSSR count). The first kappa shape index (κ1) is 9.43. The Bertz CT molecular complexity index is 665. The predicted octanol–water partition coefficient (Wildman–Crippen LogP) is 2.79. The molecule has 3 aromatic rings. The van der Waals surface area contributed by atoms with Gasteiger partial charge in [-0.15, -0.1) is 0 Å². The first-order valence-electron chi connectivity index (χ1n) is 5.47. The predicted molar refractivity (Wildman–Crippen MR) is 68.3 cm³/mol. The van der Waals surface area contributed by atoms with Gasteiger partial charge < -0.3 is 10.3 Å². The van der Waals surface area contributed by atoms with Crippen molar-refractivity contribution in [2.75, 3.05) is 0 Å². The highest BCUT2D eigenvalue weighted by atomic mass is 14.9. The number of rotatable bonds is 1. The normalized spacial score (nSPS) is 11.4. The lowest BCUT2D eigenvalue weighted by Crippen LogP contribution is -1.94. The van der Waals surface area contributed by atoms with E-state index in [1.54, 1.807) is 0 Å². The second-order valence-electron chi connectivity index (χ2n) is 4.15. The summed E-state index contributed by atoms with van der Waals surface area (Å²) in [7, 11) is 2.08. The number of hydrogen-bond donors (Lipinski definition) is 1. The van der Waals surface area contributed by atoms with Gasteiger partial charge in [-0.25, -0.2) is 0 Å². The minimum Gasteiger partial charge on any atom is -0.350 e. The molecule has 2 nitrogen and oxygen atoms in total. The van der Waals surface area contributed by atoms with E-state index in [1.807, 2.05) is 0 Å². The summed E-state index contributed by atoms with van der Waals surface area (Å²) in [5.41, 5.74) is 8.25. The fraction of sp³-hybridized carbons (Fsp3) is 0.143. The van der Waals surface area contributed by atoms with E-state index in [0.717, 1.165) is 0 Å². The van der Waals surface area contributed by atoms with Gasteiger partial charge in [0.25, 0.3) is 0 Å². The summed E-state index contributed by atoms with van der Waals surface area (Å²) in [4.78, 5) is 0. The van der Waals surface area contributed by atoms with Crippen LogP contribution in [0.2, 0.25) is 0 Å². The average molecular weight is 210 g/mol. The third kappa shape index (κ3) is 1.17. The highest BCUT2D eigenvalue weighted by Gasteiger charge is 2.07. The largest absolute Gasteiger partial charge is 0.350 e. The van der Waals surface area contributed by atoms with Crippen molar-refractivity contribution in [3.8, 4) is 0 Å². The van der Waals surface area contributed by atoms with Crippen molar-refractivity contribution in [3.63, 3.8) is 0 Å². The van der Waals surface area contributed by atoms with E-state index in [0.29, 0.717) is 6.54 Å². The van der Waals surface area contributed by atoms with Crippen molar-refractivity contribution in [1.82, 2.24) is 4.57 Å². The summed E-state index contributed by atoms with van der Waals surface area (Å²) >= 11 is 0. The van der Waals surface area contributed by atoms with Gasteiger partial charge in [0.05, 0.1) is 5.52 Å². The van der Waals surface area contributed by atoms with Crippen LogP contribution < -0.4 is 5.73 Å². The van der Waals surface area contributed by atoms with Gasteiger partial charge in [-0.2, -0.15) is 0 Å². The first-order valence-corrected chi connectivity index (χ1v) is 5.47. The molecule has 0 aliphatic carbocycles. The molecule has 0 saturated carbocycles. The Kier molecular flexibility index (Phi) is 1.98.